The summed E-state index contributed by atoms with van der Waals surface area (Å²) in [4.78, 5) is 51.1. The molecule has 19 atom stereocenters. The molecule has 0 aromatic heterocycles. The number of hydrogen-bond donors (Lipinski definition) is 11. The zero-order chi connectivity index (χ0) is 73.3. The Labute approximate surface area is 599 Å². The third kappa shape index (κ3) is 38.8. The average molecular weight is 1460 g/mol. The van der Waals surface area contributed by atoms with Gasteiger partial charge in [-0.05, 0) is 50.9 Å². The predicted octanol–water partition coefficient (Wildman–Crippen LogP) is 11.4. The molecular weight excluding hydrogens is 1320 g/mol. The van der Waals surface area contributed by atoms with Crippen molar-refractivity contribution in [1.29, 1.82) is 0 Å². The maximum Gasteiger partial charge on any atom is 0.472 e. The number of phosphoric acid groups is 1. The van der Waals surface area contributed by atoms with Crippen molar-refractivity contribution in [2.75, 3.05) is 26.4 Å². The second-order valence-corrected chi connectivity index (χ2v) is 30.1. The van der Waals surface area contributed by atoms with Gasteiger partial charge in [-0.1, -0.05) is 258 Å². The molecule has 2 heterocycles. The van der Waals surface area contributed by atoms with Gasteiger partial charge in [0.05, 0.1) is 13.2 Å². The van der Waals surface area contributed by atoms with Crippen LogP contribution >= 0.6 is 7.82 Å². The first-order chi connectivity index (χ1) is 48.2. The number of phosphoric ester groups is 1. The van der Waals surface area contributed by atoms with Crippen molar-refractivity contribution in [3.05, 3.63) is 12.2 Å². The first kappa shape index (κ1) is 91.9. The fraction of sp³-hybridized carbons (Fsp3) is 0.933. The van der Waals surface area contributed by atoms with Gasteiger partial charge in [0.15, 0.2) is 18.7 Å². The van der Waals surface area contributed by atoms with E-state index in [1.165, 1.54) is 148 Å². The number of allylic oxidation sites excluding steroid dienone is 2. The molecule has 24 nitrogen and oxygen atoms in total. The zero-order valence-corrected chi connectivity index (χ0v) is 62.6. The quantitative estimate of drug-likeness (QED) is 0.00886. The van der Waals surface area contributed by atoms with Crippen molar-refractivity contribution in [1.82, 2.24) is 0 Å². The van der Waals surface area contributed by atoms with E-state index in [0.717, 1.165) is 96.3 Å². The van der Waals surface area contributed by atoms with Gasteiger partial charge in [-0.25, -0.2) is 4.57 Å². The van der Waals surface area contributed by atoms with E-state index in [1.54, 1.807) is 0 Å². The summed E-state index contributed by atoms with van der Waals surface area (Å²) in [6, 6.07) is 0. The summed E-state index contributed by atoms with van der Waals surface area (Å²) in [5.74, 6) is -1.30. The van der Waals surface area contributed by atoms with E-state index in [4.69, 9.17) is 42.2 Å². The molecule has 0 bridgehead atoms. The van der Waals surface area contributed by atoms with Crippen LogP contribution < -0.4 is 0 Å². The molecule has 3 rings (SSSR count). The van der Waals surface area contributed by atoms with Crippen LogP contribution in [0, 0.1) is 5.92 Å². The lowest BCUT2D eigenvalue weighted by molar-refractivity contribution is -0.360. The monoisotopic (exact) mass is 1450 g/mol. The van der Waals surface area contributed by atoms with Crippen LogP contribution in [-0.2, 0) is 61.2 Å². The minimum atomic E-state index is -5.70. The van der Waals surface area contributed by atoms with Gasteiger partial charge < -0.3 is 89.1 Å². The lowest BCUT2D eigenvalue weighted by atomic mass is 9.84. The molecule has 3 aliphatic rings. The molecule has 0 amide bonds. The molecular formula is C75H139O24P. The van der Waals surface area contributed by atoms with Crippen LogP contribution in [0.2, 0.25) is 0 Å². The standard InChI is InChI=1S/C75H139O24P/c1-5-8-11-14-17-19-21-23-24-25-27-29-31-33-40-45-50-61(79)94-56(52-91-59(77)48-43-38-32-30-28-26-22-20-18-15-12-9-6-2)53-93-100(89,90)99-73-71(97-74-69(87)64(82)62(80)57(51-76)95-74)67(85)66(84)68(86)72(73)98-75-70(88)65(83)63(81)58(96-75)54-92-60(78)49-44-39-35-34-37-42-47-55(4)46-41-36-16-13-10-7-3/h26,28,55-58,62-76,80-88H,5-25,27,29-54H2,1-4H3,(H,89,90)/b28-26-. The molecule has 588 valence electrons. The minimum absolute atomic E-state index is 0.0274. The van der Waals surface area contributed by atoms with Gasteiger partial charge in [0.2, 0.25) is 0 Å². The highest BCUT2D eigenvalue weighted by Crippen LogP contribution is 2.49. The first-order valence-electron chi connectivity index (χ1n) is 39.4. The molecule has 2 saturated heterocycles. The number of rotatable bonds is 61. The van der Waals surface area contributed by atoms with Crippen molar-refractivity contribution in [2.24, 2.45) is 5.92 Å². The van der Waals surface area contributed by atoms with Gasteiger partial charge in [-0.15, -0.1) is 0 Å². The summed E-state index contributed by atoms with van der Waals surface area (Å²) in [6.07, 6.45) is 14.1. The van der Waals surface area contributed by atoms with E-state index in [1.807, 2.05) is 0 Å². The average Bonchev–Trinajstić information content (AvgIpc) is 0.762. The van der Waals surface area contributed by atoms with Crippen molar-refractivity contribution >= 4 is 25.7 Å². The third-order valence-electron chi connectivity index (χ3n) is 19.7. The highest BCUT2D eigenvalue weighted by molar-refractivity contribution is 7.47. The van der Waals surface area contributed by atoms with Crippen LogP contribution in [0.15, 0.2) is 12.2 Å². The number of hydrogen-bond acceptors (Lipinski definition) is 23. The Hall–Kier alpha value is -2.30. The summed E-state index contributed by atoms with van der Waals surface area (Å²) in [5.41, 5.74) is 0. The molecule has 3 fully saturated rings. The number of carbonyl (C=O) groups is 3. The normalized spacial score (nSPS) is 27.7. The van der Waals surface area contributed by atoms with E-state index in [-0.39, 0.29) is 19.3 Å². The Morgan fingerprint density at radius 3 is 1.19 bits per heavy atom. The molecule has 19 unspecified atom stereocenters. The molecule has 0 aromatic rings. The lowest BCUT2D eigenvalue weighted by Crippen LogP contribution is -2.69. The maximum atomic E-state index is 14.4. The van der Waals surface area contributed by atoms with E-state index in [0.29, 0.717) is 25.2 Å². The van der Waals surface area contributed by atoms with Gasteiger partial charge in [0.25, 0.3) is 0 Å². The third-order valence-corrected chi connectivity index (χ3v) is 20.7. The number of carbonyl (C=O) groups excluding carboxylic acids is 3. The number of ether oxygens (including phenoxy) is 7. The fourth-order valence-electron chi connectivity index (χ4n) is 13.2. The highest BCUT2D eigenvalue weighted by atomic mass is 31.2. The summed E-state index contributed by atoms with van der Waals surface area (Å²) in [7, 11) is -5.70. The molecule has 2 aliphatic heterocycles. The Morgan fingerprint density at radius 2 is 0.760 bits per heavy atom. The van der Waals surface area contributed by atoms with Crippen molar-refractivity contribution in [3.8, 4) is 0 Å². The molecule has 100 heavy (non-hydrogen) atoms. The van der Waals surface area contributed by atoms with Crippen molar-refractivity contribution in [2.45, 2.75) is 414 Å². The molecule has 25 heteroatoms. The minimum Gasteiger partial charge on any atom is -0.463 e. The molecule has 1 aliphatic carbocycles. The Morgan fingerprint density at radius 1 is 0.410 bits per heavy atom. The van der Waals surface area contributed by atoms with Crippen LogP contribution in [0.5, 0.6) is 0 Å². The summed E-state index contributed by atoms with van der Waals surface area (Å²) < 4.78 is 65.1. The summed E-state index contributed by atoms with van der Waals surface area (Å²) in [6.45, 7) is 5.77. The van der Waals surface area contributed by atoms with E-state index >= 15 is 0 Å². The SMILES string of the molecule is CCCCCCCC/C=C\CCCCCC(=O)OCC(COP(=O)(O)OC1C(OC2OC(CO)C(O)C(O)C2O)C(O)C(O)C(O)C1OC1OC(COC(=O)CCCCCCCCC(C)CCCCCCCC)C(O)C(O)C1O)OC(=O)CCCCCCCCCCCCCCCCCC. The van der Waals surface area contributed by atoms with Crippen molar-refractivity contribution in [3.63, 3.8) is 0 Å². The fourth-order valence-corrected chi connectivity index (χ4v) is 14.1. The molecule has 0 radical (unpaired) electrons. The second-order valence-electron chi connectivity index (χ2n) is 28.7. The first-order valence-corrected chi connectivity index (χ1v) is 40.9. The van der Waals surface area contributed by atoms with Crippen LogP contribution in [0.4, 0.5) is 0 Å². The summed E-state index contributed by atoms with van der Waals surface area (Å²) >= 11 is 0. The number of unbranched alkanes of at least 4 members (excludes halogenated alkanes) is 34. The highest BCUT2D eigenvalue weighted by Gasteiger charge is 2.58. The van der Waals surface area contributed by atoms with Gasteiger partial charge in [0, 0.05) is 19.3 Å². The van der Waals surface area contributed by atoms with Crippen LogP contribution in [0.1, 0.15) is 310 Å². The predicted molar refractivity (Wildman–Crippen MR) is 379 cm³/mol. The number of aliphatic hydroxyl groups excluding tert-OH is 10. The van der Waals surface area contributed by atoms with Crippen LogP contribution in [0.3, 0.4) is 0 Å². The molecule has 0 spiro atoms. The number of aliphatic hydroxyl groups is 10. The lowest BCUT2D eigenvalue weighted by Gasteiger charge is -2.49. The zero-order valence-electron chi connectivity index (χ0n) is 61.7. The smallest absolute Gasteiger partial charge is 0.463 e. The van der Waals surface area contributed by atoms with Crippen molar-refractivity contribution < 1.29 is 117 Å². The van der Waals surface area contributed by atoms with Gasteiger partial charge in [-0.3, -0.25) is 23.4 Å². The van der Waals surface area contributed by atoms with Gasteiger partial charge in [-0.2, -0.15) is 0 Å². The van der Waals surface area contributed by atoms with Crippen LogP contribution in [-0.4, -0.2) is 204 Å². The van der Waals surface area contributed by atoms with Gasteiger partial charge >= 0.3 is 25.7 Å². The summed E-state index contributed by atoms with van der Waals surface area (Å²) in [5, 5.41) is 110. The maximum absolute atomic E-state index is 14.4. The Balaban J connectivity index is 1.72. The largest absolute Gasteiger partial charge is 0.472 e. The van der Waals surface area contributed by atoms with Gasteiger partial charge in [0.1, 0.15) is 98.7 Å². The molecule has 11 N–H and O–H groups in total. The van der Waals surface area contributed by atoms with E-state index in [9.17, 15) is 74.9 Å². The second kappa shape index (κ2) is 56.1. The van der Waals surface area contributed by atoms with Crippen LogP contribution in [0.25, 0.3) is 0 Å². The van der Waals surface area contributed by atoms with E-state index < -0.39 is 156 Å². The topological polar surface area (TPSA) is 374 Å². The Kier molecular flexibility index (Phi) is 51.5. The van der Waals surface area contributed by atoms with E-state index in [2.05, 4.69) is 39.8 Å². The number of esters is 3. The Bertz CT molecular complexity index is 2130. The molecule has 0 aromatic carbocycles. The molecule has 1 saturated carbocycles.